The summed E-state index contributed by atoms with van der Waals surface area (Å²) in [5, 5.41) is 6.30. The number of ether oxygens (including phenoxy) is 1. The Labute approximate surface area is 70.5 Å². The van der Waals surface area contributed by atoms with E-state index in [1.54, 1.807) is 0 Å². The van der Waals surface area contributed by atoms with E-state index < -0.39 is 23.5 Å². The zero-order chi connectivity index (χ0) is 10.6. The number of carbonyl (C=O) groups is 2. The number of halogens is 3. The third-order valence-corrected chi connectivity index (χ3v) is 0.999. The van der Waals surface area contributed by atoms with Crippen molar-refractivity contribution in [3.63, 3.8) is 0 Å². The van der Waals surface area contributed by atoms with E-state index in [9.17, 15) is 22.8 Å². The van der Waals surface area contributed by atoms with Crippen LogP contribution < -0.4 is 0 Å². The van der Waals surface area contributed by atoms with Gasteiger partial charge in [0.2, 0.25) is 0 Å². The molecule has 0 amide bonds. The lowest BCUT2D eigenvalue weighted by Gasteiger charge is -2.04. The number of alkyl halides is 3. The predicted molar refractivity (Wildman–Crippen MR) is 34.3 cm³/mol. The number of ketones is 1. The second-order valence-electron chi connectivity index (χ2n) is 1.82. The number of esters is 1. The molecule has 0 unspecified atom stereocenters. The van der Waals surface area contributed by atoms with Crippen LogP contribution >= 0.6 is 0 Å². The van der Waals surface area contributed by atoms with E-state index in [-0.39, 0.29) is 0 Å². The smallest absolute Gasteiger partial charge is 0.455 e. The van der Waals surface area contributed by atoms with Crippen LogP contribution in [0.5, 0.6) is 0 Å². The monoisotopic (exact) mass is 195 g/mol. The summed E-state index contributed by atoms with van der Waals surface area (Å²) in [6.07, 6.45) is -5.20. The van der Waals surface area contributed by atoms with Gasteiger partial charge in [-0.25, -0.2) is 4.79 Å². The fraction of sp³-hybridized carbons (Fsp3) is 0.333. The van der Waals surface area contributed by atoms with E-state index in [4.69, 9.17) is 5.41 Å². The topological polar surface area (TPSA) is 67.2 Å². The molecule has 72 valence electrons. The molecule has 0 rings (SSSR count). The Morgan fingerprint density at radius 2 is 1.85 bits per heavy atom. The fourth-order valence-electron chi connectivity index (χ4n) is 0.444. The van der Waals surface area contributed by atoms with Crippen molar-refractivity contribution < 1.29 is 27.5 Å². The zero-order valence-electron chi connectivity index (χ0n) is 6.36. The van der Waals surface area contributed by atoms with Gasteiger partial charge in [-0.05, 0) is 5.87 Å². The normalized spacial score (nSPS) is 10.2. The van der Waals surface area contributed by atoms with Gasteiger partial charge in [0.25, 0.3) is 5.78 Å². The van der Waals surface area contributed by atoms with Crippen LogP contribution in [-0.2, 0) is 14.3 Å². The van der Waals surface area contributed by atoms with Crippen LogP contribution in [0.25, 0.3) is 0 Å². The first-order valence-electron chi connectivity index (χ1n) is 2.84. The van der Waals surface area contributed by atoms with Crippen molar-refractivity contribution >= 4 is 17.6 Å². The molecule has 0 radical (unpaired) electrons. The van der Waals surface area contributed by atoms with Gasteiger partial charge in [-0.2, -0.15) is 13.2 Å². The molecule has 0 aliphatic carbocycles. The molecule has 0 aliphatic heterocycles. The van der Waals surface area contributed by atoms with Crippen molar-refractivity contribution in [1.29, 1.82) is 5.41 Å². The fourth-order valence-corrected chi connectivity index (χ4v) is 0.444. The van der Waals surface area contributed by atoms with E-state index in [1.165, 1.54) is 0 Å². The number of carbonyl (C=O) groups excluding carboxylic acids is 2. The summed E-state index contributed by atoms with van der Waals surface area (Å²) in [6.45, 7) is 0. The van der Waals surface area contributed by atoms with Gasteiger partial charge in [0.15, 0.2) is 5.57 Å². The Bertz CT molecular complexity index is 288. The van der Waals surface area contributed by atoms with Crippen molar-refractivity contribution in [3.05, 3.63) is 5.57 Å². The van der Waals surface area contributed by atoms with Crippen molar-refractivity contribution in [2.45, 2.75) is 6.18 Å². The average molecular weight is 195 g/mol. The molecule has 0 bridgehead atoms. The highest BCUT2D eigenvalue weighted by atomic mass is 19.4. The van der Waals surface area contributed by atoms with Crippen molar-refractivity contribution in [3.8, 4) is 0 Å². The predicted octanol–water partition coefficient (Wildman–Crippen LogP) is 0.466. The number of Topliss-reactive ketones (excluding diaryl/α,β-unsaturated/α-hetero) is 1. The van der Waals surface area contributed by atoms with Crippen LogP contribution in [-0.4, -0.2) is 30.9 Å². The molecule has 0 spiro atoms. The minimum atomic E-state index is -5.20. The molecule has 0 fully saturated rings. The Kier molecular flexibility index (Phi) is 3.38. The number of hydrogen-bond acceptors (Lipinski definition) is 4. The van der Waals surface area contributed by atoms with Gasteiger partial charge in [0.05, 0.1) is 7.11 Å². The molecule has 1 N–H and O–H groups in total. The number of rotatable bonds is 2. The summed E-state index contributed by atoms with van der Waals surface area (Å²) in [5.74, 6) is -2.88. The molecule has 0 atom stereocenters. The highest BCUT2D eigenvalue weighted by Gasteiger charge is 2.43. The van der Waals surface area contributed by atoms with Crippen molar-refractivity contribution in [2.24, 2.45) is 0 Å². The summed E-state index contributed by atoms with van der Waals surface area (Å²) in [7, 11) is 0.795. The average Bonchev–Trinajstić information content (AvgIpc) is 2.03. The summed E-state index contributed by atoms with van der Waals surface area (Å²) >= 11 is 0. The summed E-state index contributed by atoms with van der Waals surface area (Å²) in [6, 6.07) is 0. The Balaban J connectivity index is 4.96. The molecular weight excluding hydrogens is 191 g/mol. The number of methoxy groups -OCH3 is 1. The van der Waals surface area contributed by atoms with E-state index in [1.807, 2.05) is 0 Å². The van der Waals surface area contributed by atoms with E-state index >= 15 is 0 Å². The maximum Gasteiger partial charge on any atom is 0.455 e. The maximum atomic E-state index is 11.7. The minimum absolute atomic E-state index is 0.795. The third kappa shape index (κ3) is 2.72. The van der Waals surface area contributed by atoms with Crippen LogP contribution in [0.2, 0.25) is 0 Å². The Morgan fingerprint density at radius 3 is 2.08 bits per heavy atom. The molecule has 4 nitrogen and oxygen atoms in total. The van der Waals surface area contributed by atoms with Crippen LogP contribution in [0.4, 0.5) is 13.2 Å². The van der Waals surface area contributed by atoms with Gasteiger partial charge in [0, 0.05) is 0 Å². The highest BCUT2D eigenvalue weighted by Crippen LogP contribution is 2.19. The van der Waals surface area contributed by atoms with Crippen molar-refractivity contribution in [1.82, 2.24) is 0 Å². The second-order valence-corrected chi connectivity index (χ2v) is 1.82. The second kappa shape index (κ2) is 3.86. The third-order valence-electron chi connectivity index (χ3n) is 0.999. The van der Waals surface area contributed by atoms with Crippen LogP contribution in [0.1, 0.15) is 0 Å². The largest absolute Gasteiger partial charge is 0.465 e. The van der Waals surface area contributed by atoms with E-state index in [0.29, 0.717) is 0 Å². The molecule has 0 aromatic heterocycles. The van der Waals surface area contributed by atoms with Gasteiger partial charge in [-0.3, -0.25) is 10.2 Å². The molecular formula is C6H4F3NO3. The van der Waals surface area contributed by atoms with E-state index in [0.717, 1.165) is 13.0 Å². The molecule has 0 heterocycles. The lowest BCUT2D eigenvalue weighted by molar-refractivity contribution is -0.168. The molecule has 0 aromatic carbocycles. The van der Waals surface area contributed by atoms with Gasteiger partial charge in [-0.1, -0.05) is 0 Å². The lowest BCUT2D eigenvalue weighted by Crippen LogP contribution is -2.29. The van der Waals surface area contributed by atoms with Crippen LogP contribution in [0, 0.1) is 5.41 Å². The Morgan fingerprint density at radius 1 is 1.38 bits per heavy atom. The first-order chi connectivity index (χ1) is 5.84. The van der Waals surface area contributed by atoms with Gasteiger partial charge < -0.3 is 4.74 Å². The molecule has 13 heavy (non-hydrogen) atoms. The quantitative estimate of drug-likeness (QED) is 0.229. The first-order valence-corrected chi connectivity index (χ1v) is 2.84. The lowest BCUT2D eigenvalue weighted by atomic mass is 10.2. The molecule has 0 saturated carbocycles. The SMILES string of the molecule is COC(=O)C(=C=N)C(=O)C(F)(F)F. The standard InChI is InChI=1S/C6H4F3NO3/c1-13-5(12)3(2-10)4(11)6(7,8)9/h10H,1H3. The maximum absolute atomic E-state index is 11.7. The number of nitrogens with one attached hydrogen (secondary N) is 1. The highest BCUT2D eigenvalue weighted by molar-refractivity contribution is 6.25. The summed E-state index contributed by atoms with van der Waals surface area (Å²) in [5.41, 5.74) is -1.46. The van der Waals surface area contributed by atoms with Gasteiger partial charge >= 0.3 is 12.1 Å². The van der Waals surface area contributed by atoms with Gasteiger partial charge in [-0.15, -0.1) is 0 Å². The molecule has 7 heteroatoms. The van der Waals surface area contributed by atoms with Gasteiger partial charge in [0.1, 0.15) is 0 Å². The van der Waals surface area contributed by atoms with Crippen LogP contribution in [0.3, 0.4) is 0 Å². The van der Waals surface area contributed by atoms with Crippen molar-refractivity contribution in [2.75, 3.05) is 7.11 Å². The summed E-state index contributed by atoms with van der Waals surface area (Å²) < 4.78 is 38.9. The first kappa shape index (κ1) is 11.4. The molecule has 0 aliphatic rings. The molecule has 0 saturated heterocycles. The molecule has 0 aromatic rings. The van der Waals surface area contributed by atoms with E-state index in [2.05, 4.69) is 4.74 Å². The minimum Gasteiger partial charge on any atom is -0.465 e. The summed E-state index contributed by atoms with van der Waals surface area (Å²) in [4.78, 5) is 20.8. The Hall–Kier alpha value is -1.62. The van der Waals surface area contributed by atoms with Crippen LogP contribution in [0.15, 0.2) is 5.57 Å². The zero-order valence-corrected chi connectivity index (χ0v) is 6.36. The number of hydrogen-bond donors (Lipinski definition) is 1.